The first-order valence-corrected chi connectivity index (χ1v) is 12.6. The first-order chi connectivity index (χ1) is 15.1. The summed E-state index contributed by atoms with van der Waals surface area (Å²) in [6.07, 6.45) is 5.41. The van der Waals surface area contributed by atoms with Gasteiger partial charge in [-0.25, -0.2) is 4.98 Å². The molecule has 1 aliphatic rings. The topological polar surface area (TPSA) is 84.2 Å². The van der Waals surface area contributed by atoms with Crippen molar-refractivity contribution in [3.63, 3.8) is 0 Å². The molecule has 2 heterocycles. The van der Waals surface area contributed by atoms with Gasteiger partial charge in [-0.2, -0.15) is 0 Å². The number of nitrogens with one attached hydrogen (secondary N) is 2. The van der Waals surface area contributed by atoms with Crippen LogP contribution in [-0.4, -0.2) is 29.9 Å². The highest BCUT2D eigenvalue weighted by Gasteiger charge is 2.22. The Morgan fingerprint density at radius 1 is 1.16 bits per heavy atom. The molecule has 0 atom stereocenters. The molecule has 4 rings (SSSR count). The number of benzene rings is 1. The van der Waals surface area contributed by atoms with E-state index in [0.717, 1.165) is 46.7 Å². The molecule has 6 nitrogen and oxygen atoms in total. The zero-order valence-corrected chi connectivity index (χ0v) is 19.2. The minimum absolute atomic E-state index is 0.105. The number of carbonyl (C=O) groups excluding carboxylic acids is 2. The first kappa shape index (κ1) is 21.9. The molecule has 31 heavy (non-hydrogen) atoms. The van der Waals surface area contributed by atoms with E-state index < -0.39 is 0 Å². The summed E-state index contributed by atoms with van der Waals surface area (Å²) in [4.78, 5) is 29.6. The zero-order valence-electron chi connectivity index (χ0n) is 17.6. The summed E-state index contributed by atoms with van der Waals surface area (Å²) in [6.45, 7) is 2.76. The number of nitrogens with zero attached hydrogens (tertiary/aromatic N) is 1. The highest BCUT2D eigenvalue weighted by molar-refractivity contribution is 8.00. The number of thiazole rings is 1. The van der Waals surface area contributed by atoms with Crippen LogP contribution in [0.15, 0.2) is 38.4 Å². The van der Waals surface area contributed by atoms with Crippen LogP contribution in [0.4, 0.5) is 0 Å². The lowest BCUT2D eigenvalue weighted by Crippen LogP contribution is -2.38. The Balaban J connectivity index is 1.37. The molecule has 3 aromatic rings. The Hall–Kier alpha value is -2.32. The van der Waals surface area contributed by atoms with E-state index in [2.05, 4.69) is 15.6 Å². The monoisotopic (exact) mass is 457 g/mol. The quantitative estimate of drug-likeness (QED) is 0.371. The highest BCUT2D eigenvalue weighted by atomic mass is 32.2. The van der Waals surface area contributed by atoms with Crippen LogP contribution in [0.25, 0.3) is 11.0 Å². The summed E-state index contributed by atoms with van der Waals surface area (Å²) >= 11 is 3.21. The van der Waals surface area contributed by atoms with Crippen LogP contribution >= 0.6 is 23.1 Å². The number of hydrogen-bond acceptors (Lipinski definition) is 6. The van der Waals surface area contributed by atoms with Crippen LogP contribution in [0.1, 0.15) is 53.9 Å². The maximum Gasteiger partial charge on any atom is 0.287 e. The zero-order chi connectivity index (χ0) is 21.6. The normalized spacial score (nSPS) is 14.6. The Labute approximate surface area is 190 Å². The molecule has 164 valence electrons. The van der Waals surface area contributed by atoms with E-state index in [1.807, 2.05) is 36.6 Å². The van der Waals surface area contributed by atoms with Gasteiger partial charge in [0.1, 0.15) is 9.92 Å². The highest BCUT2D eigenvalue weighted by Crippen LogP contribution is 2.33. The van der Waals surface area contributed by atoms with Crippen molar-refractivity contribution in [2.75, 3.05) is 13.1 Å². The second kappa shape index (κ2) is 10.3. The predicted molar refractivity (Wildman–Crippen MR) is 125 cm³/mol. The van der Waals surface area contributed by atoms with Gasteiger partial charge in [0.15, 0.2) is 5.76 Å². The van der Waals surface area contributed by atoms with Crippen molar-refractivity contribution in [3.05, 3.63) is 46.7 Å². The second-order valence-corrected chi connectivity index (χ2v) is 9.91. The number of hydrogen-bond donors (Lipinski definition) is 2. The Bertz CT molecular complexity index is 1050. The molecule has 0 spiro atoms. The van der Waals surface area contributed by atoms with E-state index in [1.54, 1.807) is 23.1 Å². The molecule has 1 fully saturated rings. The molecule has 2 aromatic heterocycles. The average molecular weight is 458 g/mol. The fourth-order valence-corrected chi connectivity index (χ4v) is 5.79. The van der Waals surface area contributed by atoms with Crippen LogP contribution < -0.4 is 10.6 Å². The van der Waals surface area contributed by atoms with E-state index in [1.165, 1.54) is 6.42 Å². The number of fused-ring (bicyclic) bond motifs is 1. The third-order valence-electron chi connectivity index (χ3n) is 5.53. The second-order valence-electron chi connectivity index (χ2n) is 7.83. The van der Waals surface area contributed by atoms with Crippen molar-refractivity contribution in [1.82, 2.24) is 15.6 Å². The van der Waals surface area contributed by atoms with Crippen LogP contribution in [0, 0.1) is 12.8 Å². The predicted octanol–water partition coefficient (Wildman–Crippen LogP) is 4.92. The lowest BCUT2D eigenvalue weighted by molar-refractivity contribution is -0.125. The summed E-state index contributed by atoms with van der Waals surface area (Å²) in [6, 6.07) is 7.69. The molecule has 1 aliphatic carbocycles. The molecule has 0 saturated heterocycles. The number of amides is 2. The van der Waals surface area contributed by atoms with Crippen LogP contribution in [0.3, 0.4) is 0 Å². The fraction of sp³-hybridized carbons (Fsp3) is 0.435. The molecule has 2 N–H and O–H groups in total. The summed E-state index contributed by atoms with van der Waals surface area (Å²) in [5, 5.41) is 8.81. The maximum absolute atomic E-state index is 12.9. The summed E-state index contributed by atoms with van der Waals surface area (Å²) in [7, 11) is 0. The third kappa shape index (κ3) is 5.49. The van der Waals surface area contributed by atoms with Gasteiger partial charge < -0.3 is 15.1 Å². The standard InChI is InChI=1S/C23H27N3O3S2/c1-15-13-30-23(26-15)31-14-18-17-9-5-6-10-19(17)29-20(18)22(28)25-12-11-24-21(27)16-7-3-2-4-8-16/h5-6,9-10,13,16H,2-4,7-8,11-12,14H2,1H3,(H,24,27)(H,25,28). The molecule has 0 radical (unpaired) electrons. The Morgan fingerprint density at radius 2 is 1.94 bits per heavy atom. The average Bonchev–Trinajstić information content (AvgIpc) is 3.38. The number of carbonyl (C=O) groups is 2. The van der Waals surface area contributed by atoms with Gasteiger partial charge in [0.05, 0.1) is 0 Å². The van der Waals surface area contributed by atoms with Crippen LogP contribution in [-0.2, 0) is 10.5 Å². The lowest BCUT2D eigenvalue weighted by atomic mass is 9.89. The minimum atomic E-state index is -0.256. The SMILES string of the molecule is Cc1csc(SCc2c(C(=O)NCCNC(=O)C3CCCCC3)oc3ccccc23)n1. The number of aromatic nitrogens is 1. The number of rotatable bonds is 8. The van der Waals surface area contributed by atoms with Gasteiger partial charge in [0, 0.05) is 46.8 Å². The molecule has 8 heteroatoms. The molecule has 1 aromatic carbocycles. The van der Waals surface area contributed by atoms with Gasteiger partial charge in [-0.3, -0.25) is 9.59 Å². The number of thioether (sulfide) groups is 1. The van der Waals surface area contributed by atoms with Gasteiger partial charge in [0.25, 0.3) is 5.91 Å². The van der Waals surface area contributed by atoms with E-state index in [4.69, 9.17) is 4.42 Å². The smallest absolute Gasteiger partial charge is 0.287 e. The van der Waals surface area contributed by atoms with E-state index in [-0.39, 0.29) is 17.7 Å². The van der Waals surface area contributed by atoms with Crippen LogP contribution in [0.2, 0.25) is 0 Å². The molecular formula is C23H27N3O3S2. The van der Waals surface area contributed by atoms with Crippen molar-refractivity contribution in [2.24, 2.45) is 5.92 Å². The van der Waals surface area contributed by atoms with E-state index in [0.29, 0.717) is 30.2 Å². The first-order valence-electron chi connectivity index (χ1n) is 10.7. The fourth-order valence-electron chi connectivity index (χ4n) is 3.91. The Kier molecular flexibility index (Phi) is 7.29. The molecule has 0 bridgehead atoms. The van der Waals surface area contributed by atoms with Crippen LogP contribution in [0.5, 0.6) is 0 Å². The van der Waals surface area contributed by atoms with Crippen molar-refractivity contribution in [1.29, 1.82) is 0 Å². The molecular weight excluding hydrogens is 430 g/mol. The van der Waals surface area contributed by atoms with Gasteiger partial charge in [-0.1, -0.05) is 49.2 Å². The third-order valence-corrected chi connectivity index (χ3v) is 7.69. The van der Waals surface area contributed by atoms with E-state index >= 15 is 0 Å². The Morgan fingerprint density at radius 3 is 2.71 bits per heavy atom. The van der Waals surface area contributed by atoms with E-state index in [9.17, 15) is 9.59 Å². The number of para-hydroxylation sites is 1. The molecule has 0 aliphatic heterocycles. The maximum atomic E-state index is 12.9. The van der Waals surface area contributed by atoms with Crippen molar-refractivity contribution >= 4 is 45.9 Å². The molecule has 1 saturated carbocycles. The summed E-state index contributed by atoms with van der Waals surface area (Å²) < 4.78 is 6.87. The van der Waals surface area contributed by atoms with Crippen molar-refractivity contribution in [2.45, 2.75) is 49.1 Å². The van der Waals surface area contributed by atoms with Crippen molar-refractivity contribution in [3.8, 4) is 0 Å². The number of aryl methyl sites for hydroxylation is 1. The molecule has 2 amide bonds. The lowest BCUT2D eigenvalue weighted by Gasteiger charge is -2.20. The van der Waals surface area contributed by atoms with Gasteiger partial charge in [0.2, 0.25) is 5.91 Å². The number of furan rings is 1. The van der Waals surface area contributed by atoms with Gasteiger partial charge in [-0.15, -0.1) is 11.3 Å². The summed E-state index contributed by atoms with van der Waals surface area (Å²) in [5.41, 5.74) is 2.57. The largest absolute Gasteiger partial charge is 0.451 e. The van der Waals surface area contributed by atoms with Gasteiger partial charge >= 0.3 is 0 Å². The molecule has 0 unspecified atom stereocenters. The van der Waals surface area contributed by atoms with Gasteiger partial charge in [-0.05, 0) is 25.8 Å². The van der Waals surface area contributed by atoms with Crippen molar-refractivity contribution < 1.29 is 14.0 Å². The summed E-state index contributed by atoms with van der Waals surface area (Å²) in [5.74, 6) is 0.909. The minimum Gasteiger partial charge on any atom is -0.451 e.